The number of hydrogen-bond acceptors (Lipinski definition) is 4. The number of methoxy groups -OCH3 is 1. The summed E-state index contributed by atoms with van der Waals surface area (Å²) in [5.74, 6) is -0.429. The zero-order valence-corrected chi connectivity index (χ0v) is 14.3. The third-order valence-corrected chi connectivity index (χ3v) is 4.26. The van der Waals surface area contributed by atoms with Crippen molar-refractivity contribution < 1.29 is 19.1 Å². The van der Waals surface area contributed by atoms with Crippen molar-refractivity contribution in [3.8, 4) is 0 Å². The number of carbonyl (C=O) groups is 2. The number of anilines is 1. The molecule has 0 saturated heterocycles. The fraction of sp³-hybridized carbons (Fsp3) is 0.176. The molecule has 6 heteroatoms. The third kappa shape index (κ3) is 4.32. The lowest BCUT2D eigenvalue weighted by atomic mass is 10.1. The highest BCUT2D eigenvalue weighted by Crippen LogP contribution is 2.29. The number of amides is 1. The molecule has 0 aliphatic rings. The number of benzene rings is 2. The van der Waals surface area contributed by atoms with Crippen molar-refractivity contribution in [1.82, 2.24) is 0 Å². The smallest absolute Gasteiger partial charge is 0.411 e. The SMILES string of the molecule is COC(=O)c1ccc(NC(=O)OCc2ccccc2)c(Br)c1C. The lowest BCUT2D eigenvalue weighted by Crippen LogP contribution is -2.15. The molecule has 0 radical (unpaired) electrons. The van der Waals surface area contributed by atoms with Crippen molar-refractivity contribution in [1.29, 1.82) is 0 Å². The van der Waals surface area contributed by atoms with Gasteiger partial charge in [0.25, 0.3) is 0 Å². The van der Waals surface area contributed by atoms with Gasteiger partial charge in [0.2, 0.25) is 0 Å². The van der Waals surface area contributed by atoms with Crippen molar-refractivity contribution in [2.75, 3.05) is 12.4 Å². The van der Waals surface area contributed by atoms with Crippen LogP contribution in [0.3, 0.4) is 0 Å². The van der Waals surface area contributed by atoms with Crippen molar-refractivity contribution in [2.24, 2.45) is 0 Å². The molecule has 0 aromatic heterocycles. The first-order valence-corrected chi connectivity index (χ1v) is 7.67. The van der Waals surface area contributed by atoms with Gasteiger partial charge in [-0.1, -0.05) is 30.3 Å². The summed E-state index contributed by atoms with van der Waals surface area (Å²) in [6, 6.07) is 12.6. The Morgan fingerprint density at radius 1 is 1.13 bits per heavy atom. The van der Waals surface area contributed by atoms with Gasteiger partial charge in [-0.3, -0.25) is 5.32 Å². The summed E-state index contributed by atoms with van der Waals surface area (Å²) < 4.78 is 10.5. The van der Waals surface area contributed by atoms with Crippen LogP contribution < -0.4 is 5.32 Å². The second kappa shape index (κ2) is 7.78. The number of rotatable bonds is 4. The Balaban J connectivity index is 2.04. The Labute approximate surface area is 142 Å². The molecule has 0 aliphatic heterocycles. The van der Waals surface area contributed by atoms with E-state index in [9.17, 15) is 9.59 Å². The third-order valence-electron chi connectivity index (χ3n) is 3.24. The second-order valence-corrected chi connectivity index (χ2v) is 5.57. The molecule has 2 rings (SSSR count). The first-order chi connectivity index (χ1) is 11.0. The molecule has 1 N–H and O–H groups in total. The molecule has 0 bridgehead atoms. The predicted molar refractivity (Wildman–Crippen MR) is 90.5 cm³/mol. The summed E-state index contributed by atoms with van der Waals surface area (Å²) in [5, 5.41) is 2.65. The standard InChI is InChI=1S/C17H16BrNO4/c1-11-13(16(20)22-2)8-9-14(15(11)18)19-17(21)23-10-12-6-4-3-5-7-12/h3-9H,10H2,1-2H3,(H,19,21). The lowest BCUT2D eigenvalue weighted by molar-refractivity contribution is 0.0600. The molecule has 0 aliphatic carbocycles. The highest BCUT2D eigenvalue weighted by Gasteiger charge is 2.15. The topological polar surface area (TPSA) is 64.6 Å². The molecule has 0 fully saturated rings. The Morgan fingerprint density at radius 2 is 1.83 bits per heavy atom. The normalized spacial score (nSPS) is 10.0. The van der Waals surface area contributed by atoms with E-state index in [1.165, 1.54) is 7.11 Å². The lowest BCUT2D eigenvalue weighted by Gasteiger charge is -2.12. The largest absolute Gasteiger partial charge is 0.465 e. The summed E-state index contributed by atoms with van der Waals surface area (Å²) in [6.45, 7) is 1.94. The maximum Gasteiger partial charge on any atom is 0.411 e. The van der Waals surface area contributed by atoms with Crippen LogP contribution in [0.25, 0.3) is 0 Å². The van der Waals surface area contributed by atoms with Crippen LogP contribution in [0.5, 0.6) is 0 Å². The van der Waals surface area contributed by atoms with Crippen LogP contribution in [0, 0.1) is 6.92 Å². The van der Waals surface area contributed by atoms with Crippen LogP contribution in [-0.4, -0.2) is 19.2 Å². The van der Waals surface area contributed by atoms with Gasteiger partial charge in [-0.2, -0.15) is 0 Å². The summed E-state index contributed by atoms with van der Waals surface area (Å²) >= 11 is 3.38. The molecule has 1 amide bonds. The molecular formula is C17H16BrNO4. The fourth-order valence-corrected chi connectivity index (χ4v) is 2.43. The predicted octanol–water partition coefficient (Wildman–Crippen LogP) is 4.29. The van der Waals surface area contributed by atoms with E-state index in [1.54, 1.807) is 19.1 Å². The molecule has 0 heterocycles. The molecule has 0 unspecified atom stereocenters. The quantitative estimate of drug-likeness (QED) is 0.806. The monoisotopic (exact) mass is 377 g/mol. The maximum absolute atomic E-state index is 11.9. The molecular weight excluding hydrogens is 362 g/mol. The van der Waals surface area contributed by atoms with E-state index in [0.717, 1.165) is 5.56 Å². The Hall–Kier alpha value is -2.34. The highest BCUT2D eigenvalue weighted by atomic mass is 79.9. The number of nitrogens with one attached hydrogen (secondary N) is 1. The van der Waals surface area contributed by atoms with E-state index in [1.807, 2.05) is 30.3 Å². The molecule has 2 aromatic rings. The van der Waals surface area contributed by atoms with Gasteiger partial charge in [0.05, 0.1) is 18.4 Å². The van der Waals surface area contributed by atoms with Crippen LogP contribution >= 0.6 is 15.9 Å². The van der Waals surface area contributed by atoms with Crippen LogP contribution in [0.15, 0.2) is 46.9 Å². The van der Waals surface area contributed by atoms with E-state index < -0.39 is 12.1 Å². The van der Waals surface area contributed by atoms with Crippen molar-refractivity contribution in [2.45, 2.75) is 13.5 Å². The van der Waals surface area contributed by atoms with E-state index in [-0.39, 0.29) is 6.61 Å². The van der Waals surface area contributed by atoms with Gasteiger partial charge in [-0.15, -0.1) is 0 Å². The van der Waals surface area contributed by atoms with Gasteiger partial charge >= 0.3 is 12.1 Å². The number of halogens is 1. The number of hydrogen-bond donors (Lipinski definition) is 1. The first-order valence-electron chi connectivity index (χ1n) is 6.88. The van der Waals surface area contributed by atoms with Crippen LogP contribution in [0.2, 0.25) is 0 Å². The second-order valence-electron chi connectivity index (χ2n) is 4.78. The molecule has 2 aromatic carbocycles. The van der Waals surface area contributed by atoms with Gasteiger partial charge in [0, 0.05) is 4.47 Å². The molecule has 0 spiro atoms. The van der Waals surface area contributed by atoms with Gasteiger partial charge in [-0.05, 0) is 46.1 Å². The van der Waals surface area contributed by atoms with E-state index in [0.29, 0.717) is 21.3 Å². The Bertz CT molecular complexity index is 716. The maximum atomic E-state index is 11.9. The van der Waals surface area contributed by atoms with Crippen molar-refractivity contribution >= 4 is 33.7 Å². The van der Waals surface area contributed by atoms with Gasteiger partial charge < -0.3 is 9.47 Å². The van der Waals surface area contributed by atoms with Crippen LogP contribution in [-0.2, 0) is 16.1 Å². The molecule has 0 atom stereocenters. The average molecular weight is 378 g/mol. The fourth-order valence-electron chi connectivity index (χ4n) is 1.98. The molecule has 23 heavy (non-hydrogen) atoms. The molecule has 5 nitrogen and oxygen atoms in total. The van der Waals surface area contributed by atoms with E-state index in [2.05, 4.69) is 21.2 Å². The van der Waals surface area contributed by atoms with Crippen molar-refractivity contribution in [3.05, 3.63) is 63.6 Å². The highest BCUT2D eigenvalue weighted by molar-refractivity contribution is 9.10. The number of ether oxygens (including phenoxy) is 2. The van der Waals surface area contributed by atoms with Crippen LogP contribution in [0.4, 0.5) is 10.5 Å². The Kier molecular flexibility index (Phi) is 5.76. The number of esters is 1. The molecule has 120 valence electrons. The van der Waals surface area contributed by atoms with Gasteiger partial charge in [0.15, 0.2) is 0 Å². The first kappa shape index (κ1) is 17.0. The summed E-state index contributed by atoms with van der Waals surface area (Å²) in [7, 11) is 1.32. The minimum absolute atomic E-state index is 0.184. The zero-order chi connectivity index (χ0) is 16.8. The summed E-state index contributed by atoms with van der Waals surface area (Å²) in [4.78, 5) is 23.5. The minimum Gasteiger partial charge on any atom is -0.465 e. The minimum atomic E-state index is -0.570. The Morgan fingerprint density at radius 3 is 2.48 bits per heavy atom. The van der Waals surface area contributed by atoms with Crippen molar-refractivity contribution in [3.63, 3.8) is 0 Å². The van der Waals surface area contributed by atoms with Crippen LogP contribution in [0.1, 0.15) is 21.5 Å². The summed E-state index contributed by atoms with van der Waals surface area (Å²) in [6.07, 6.45) is -0.570. The van der Waals surface area contributed by atoms with E-state index >= 15 is 0 Å². The van der Waals surface area contributed by atoms with Gasteiger partial charge in [0.1, 0.15) is 6.61 Å². The molecule has 0 saturated carbocycles. The number of carbonyl (C=O) groups excluding carboxylic acids is 2. The van der Waals surface area contributed by atoms with E-state index in [4.69, 9.17) is 9.47 Å². The zero-order valence-electron chi connectivity index (χ0n) is 12.8. The summed E-state index contributed by atoms with van der Waals surface area (Å²) in [5.41, 5.74) is 2.53. The average Bonchev–Trinajstić information content (AvgIpc) is 2.57. The van der Waals surface area contributed by atoms with Gasteiger partial charge in [-0.25, -0.2) is 9.59 Å².